The fourth-order valence-electron chi connectivity index (χ4n) is 8.44. The van der Waals surface area contributed by atoms with Gasteiger partial charge in [-0.1, -0.05) is 20.8 Å². The molecule has 3 heteroatoms. The van der Waals surface area contributed by atoms with Crippen molar-refractivity contribution >= 4 is 11.8 Å². The van der Waals surface area contributed by atoms with E-state index in [-0.39, 0.29) is 0 Å². The Labute approximate surface area is 158 Å². The lowest BCUT2D eigenvalue weighted by molar-refractivity contribution is -0.143. The van der Waals surface area contributed by atoms with E-state index in [4.69, 9.17) is 0 Å². The van der Waals surface area contributed by atoms with E-state index < -0.39 is 5.97 Å². The van der Waals surface area contributed by atoms with Crippen molar-refractivity contribution in [1.82, 2.24) is 0 Å². The van der Waals surface area contributed by atoms with E-state index >= 15 is 0 Å². The first-order valence-corrected chi connectivity index (χ1v) is 11.0. The Balaban J connectivity index is 1.56. The van der Waals surface area contributed by atoms with Crippen LogP contribution in [-0.2, 0) is 9.59 Å². The molecule has 0 spiro atoms. The smallest absolute Gasteiger partial charge is 0.303 e. The Hall–Kier alpha value is -0.860. The Morgan fingerprint density at radius 3 is 2.54 bits per heavy atom. The normalized spacial score (nSPS) is 49.0. The van der Waals surface area contributed by atoms with Crippen molar-refractivity contribution in [2.24, 2.45) is 46.3 Å². The van der Waals surface area contributed by atoms with Crippen molar-refractivity contribution in [1.29, 1.82) is 0 Å². The number of carboxylic acids is 1. The van der Waals surface area contributed by atoms with E-state index in [0.29, 0.717) is 40.8 Å². The molecule has 0 aromatic heterocycles. The van der Waals surface area contributed by atoms with E-state index in [9.17, 15) is 14.7 Å². The van der Waals surface area contributed by atoms with Gasteiger partial charge >= 0.3 is 5.97 Å². The second kappa shape index (κ2) is 6.34. The second-order valence-electron chi connectivity index (χ2n) is 10.7. The molecule has 0 radical (unpaired) electrons. The van der Waals surface area contributed by atoms with E-state index in [1.54, 1.807) is 0 Å². The molecule has 0 aromatic rings. The van der Waals surface area contributed by atoms with Crippen LogP contribution in [0, 0.1) is 46.3 Å². The minimum absolute atomic E-state index is 0.290. The number of ketones is 1. The minimum atomic E-state index is -0.641. The lowest BCUT2D eigenvalue weighted by atomic mass is 9.44. The molecular formula is C23H36O3. The van der Waals surface area contributed by atoms with Crippen LogP contribution in [0.25, 0.3) is 0 Å². The lowest BCUT2D eigenvalue weighted by Crippen LogP contribution is -2.53. The number of hydrogen-bond donors (Lipinski definition) is 1. The maximum absolute atomic E-state index is 12.0. The van der Waals surface area contributed by atoms with Gasteiger partial charge in [-0.15, -0.1) is 0 Å². The number of carboxylic acid groups (broad SMARTS) is 1. The van der Waals surface area contributed by atoms with Crippen molar-refractivity contribution in [2.75, 3.05) is 0 Å². The van der Waals surface area contributed by atoms with Crippen LogP contribution in [0.4, 0.5) is 0 Å². The molecule has 4 fully saturated rings. The van der Waals surface area contributed by atoms with Gasteiger partial charge in [0.05, 0.1) is 0 Å². The topological polar surface area (TPSA) is 54.4 Å². The zero-order valence-corrected chi connectivity index (χ0v) is 16.8. The highest BCUT2D eigenvalue weighted by Crippen LogP contribution is 2.68. The number of aliphatic carboxylic acids is 1. The molecule has 0 aromatic carbocycles. The summed E-state index contributed by atoms with van der Waals surface area (Å²) in [5.74, 6) is 3.72. The average molecular weight is 361 g/mol. The Morgan fingerprint density at radius 1 is 1.08 bits per heavy atom. The molecular weight excluding hydrogens is 324 g/mol. The summed E-state index contributed by atoms with van der Waals surface area (Å²) in [6, 6.07) is 0. The Morgan fingerprint density at radius 2 is 1.81 bits per heavy atom. The number of carbonyl (C=O) groups is 2. The number of hydrogen-bond acceptors (Lipinski definition) is 2. The molecule has 1 N–H and O–H groups in total. The van der Waals surface area contributed by atoms with Gasteiger partial charge in [-0.05, 0) is 91.3 Å². The van der Waals surface area contributed by atoms with E-state index in [0.717, 1.165) is 37.0 Å². The van der Waals surface area contributed by atoms with Crippen LogP contribution in [0.5, 0.6) is 0 Å². The van der Waals surface area contributed by atoms with Crippen LogP contribution in [-0.4, -0.2) is 16.9 Å². The molecule has 8 atom stereocenters. The summed E-state index contributed by atoms with van der Waals surface area (Å²) in [4.78, 5) is 23.3. The van der Waals surface area contributed by atoms with Gasteiger partial charge in [0.15, 0.2) is 0 Å². The minimum Gasteiger partial charge on any atom is -0.481 e. The van der Waals surface area contributed by atoms with Gasteiger partial charge < -0.3 is 5.11 Å². The highest BCUT2D eigenvalue weighted by Gasteiger charge is 2.60. The van der Waals surface area contributed by atoms with E-state index in [2.05, 4.69) is 20.8 Å². The highest BCUT2D eigenvalue weighted by atomic mass is 16.4. The summed E-state index contributed by atoms with van der Waals surface area (Å²) >= 11 is 0. The molecule has 4 aliphatic rings. The van der Waals surface area contributed by atoms with Gasteiger partial charge in [-0.3, -0.25) is 9.59 Å². The van der Waals surface area contributed by atoms with Crippen molar-refractivity contribution < 1.29 is 14.7 Å². The third-order valence-electron chi connectivity index (χ3n) is 9.74. The molecule has 3 nitrogen and oxygen atoms in total. The number of Topliss-reactive ketones (excluding diaryl/α,β-unsaturated/α-hetero) is 1. The van der Waals surface area contributed by atoms with Gasteiger partial charge in [-0.25, -0.2) is 0 Å². The number of carbonyl (C=O) groups excluding carboxylic acids is 1. The summed E-state index contributed by atoms with van der Waals surface area (Å²) in [5.41, 5.74) is 0.715. The van der Waals surface area contributed by atoms with Gasteiger partial charge in [-0.2, -0.15) is 0 Å². The van der Waals surface area contributed by atoms with Gasteiger partial charge in [0.2, 0.25) is 0 Å². The first-order valence-electron chi connectivity index (χ1n) is 11.0. The zero-order chi connectivity index (χ0) is 18.7. The Bertz CT molecular complexity index is 598. The van der Waals surface area contributed by atoms with Gasteiger partial charge in [0.25, 0.3) is 0 Å². The van der Waals surface area contributed by atoms with Crippen LogP contribution in [0.15, 0.2) is 0 Å². The van der Waals surface area contributed by atoms with Crippen LogP contribution >= 0.6 is 0 Å². The zero-order valence-electron chi connectivity index (χ0n) is 16.8. The first kappa shape index (κ1) is 18.5. The number of fused-ring (bicyclic) bond motifs is 5. The molecule has 4 rings (SSSR count). The molecule has 0 amide bonds. The molecule has 4 aliphatic carbocycles. The SMILES string of the molecule is CC(CC(=O)O)C1CCC2C3CCC4CC(=O)CCC4(C)C3CCC12C. The molecule has 26 heavy (non-hydrogen) atoms. The highest BCUT2D eigenvalue weighted by molar-refractivity contribution is 5.79. The molecule has 0 heterocycles. The summed E-state index contributed by atoms with van der Waals surface area (Å²) < 4.78 is 0. The third kappa shape index (κ3) is 2.67. The van der Waals surface area contributed by atoms with Crippen LogP contribution in [0.3, 0.4) is 0 Å². The quantitative estimate of drug-likeness (QED) is 0.740. The second-order valence-corrected chi connectivity index (χ2v) is 10.7. The van der Waals surface area contributed by atoms with Crippen molar-refractivity contribution in [3.63, 3.8) is 0 Å². The van der Waals surface area contributed by atoms with Gasteiger partial charge in [0.1, 0.15) is 5.78 Å². The summed E-state index contributed by atoms with van der Waals surface area (Å²) in [7, 11) is 0. The third-order valence-corrected chi connectivity index (χ3v) is 9.74. The van der Waals surface area contributed by atoms with Crippen molar-refractivity contribution in [3.05, 3.63) is 0 Å². The molecule has 0 saturated heterocycles. The molecule has 0 aliphatic heterocycles. The first-order chi connectivity index (χ1) is 12.3. The fourth-order valence-corrected chi connectivity index (χ4v) is 8.44. The molecule has 0 bridgehead atoms. The molecule has 8 unspecified atom stereocenters. The van der Waals surface area contributed by atoms with Crippen LogP contribution < -0.4 is 0 Å². The largest absolute Gasteiger partial charge is 0.481 e. The number of rotatable bonds is 3. The van der Waals surface area contributed by atoms with Crippen molar-refractivity contribution in [2.45, 2.75) is 85.0 Å². The predicted octanol–water partition coefficient (Wildman–Crippen LogP) is 5.33. The molecule has 4 saturated carbocycles. The van der Waals surface area contributed by atoms with Crippen molar-refractivity contribution in [3.8, 4) is 0 Å². The fraction of sp³-hybridized carbons (Fsp3) is 0.913. The maximum atomic E-state index is 12.0. The lowest BCUT2D eigenvalue weighted by Gasteiger charge is -2.60. The van der Waals surface area contributed by atoms with E-state index in [1.807, 2.05) is 0 Å². The maximum Gasteiger partial charge on any atom is 0.303 e. The van der Waals surface area contributed by atoms with Crippen LogP contribution in [0.2, 0.25) is 0 Å². The monoisotopic (exact) mass is 360 g/mol. The van der Waals surface area contributed by atoms with E-state index in [1.165, 1.54) is 38.5 Å². The summed E-state index contributed by atoms with van der Waals surface area (Å²) in [5, 5.41) is 9.27. The van der Waals surface area contributed by atoms with Gasteiger partial charge in [0, 0.05) is 19.3 Å². The Kier molecular flexibility index (Phi) is 4.51. The summed E-state index contributed by atoms with van der Waals surface area (Å²) in [6.07, 6.45) is 10.7. The molecule has 146 valence electrons. The average Bonchev–Trinajstić information content (AvgIpc) is 2.92. The standard InChI is InChI=1S/C23H36O3/c1-14(12-21(25)26)18-6-7-19-17-5-4-15-13-16(24)8-10-22(15,2)20(17)9-11-23(18,19)3/h14-15,17-20H,4-13H2,1-3H3,(H,25,26). The predicted molar refractivity (Wildman–Crippen MR) is 102 cm³/mol. The summed E-state index contributed by atoms with van der Waals surface area (Å²) in [6.45, 7) is 7.16. The van der Waals surface area contributed by atoms with Crippen LogP contribution in [0.1, 0.15) is 85.0 Å².